The largest absolute Gasteiger partial charge is 0.391 e. The first-order valence-electron chi connectivity index (χ1n) is 7.62. The first-order chi connectivity index (χ1) is 8.72. The Morgan fingerprint density at radius 1 is 0.667 bits per heavy atom. The molecule has 1 N–H and O–H groups in total. The van der Waals surface area contributed by atoms with E-state index in [1.54, 1.807) is 0 Å². The lowest BCUT2D eigenvalue weighted by atomic mass is 10.1. The van der Waals surface area contributed by atoms with Gasteiger partial charge in [0.15, 0.2) is 0 Å². The normalized spacial score (nSPS) is 10.3. The second-order valence-corrected chi connectivity index (χ2v) is 5.58. The number of aliphatic hydroxyl groups is 1. The minimum atomic E-state index is -0.336. The summed E-state index contributed by atoms with van der Waals surface area (Å²) >= 11 is 7.59. The fourth-order valence-electron chi connectivity index (χ4n) is 1.62. The number of hydrogen-bond acceptors (Lipinski definition) is 3. The quantitative estimate of drug-likeness (QED) is 0.356. The number of thiol groups is 2. The maximum atomic E-state index is 8.51. The lowest BCUT2D eigenvalue weighted by Gasteiger charge is -1.99. The van der Waals surface area contributed by atoms with Crippen LogP contribution < -0.4 is 0 Å². The monoisotopic (exact) mass is 294 g/mol. The van der Waals surface area contributed by atoms with Gasteiger partial charge in [-0.05, 0) is 0 Å². The van der Waals surface area contributed by atoms with Crippen LogP contribution in [0.25, 0.3) is 0 Å². The predicted molar refractivity (Wildman–Crippen MR) is 91.2 cm³/mol. The fourth-order valence-corrected chi connectivity index (χ4v) is 2.08. The molecule has 18 heavy (non-hydrogen) atoms. The summed E-state index contributed by atoms with van der Waals surface area (Å²) in [5.74, 6) is 1.01. The SMILES string of the molecule is CCCCCCCCCCCC.OC(CS)CS. The second-order valence-electron chi connectivity index (χ2n) is 4.85. The van der Waals surface area contributed by atoms with Crippen molar-refractivity contribution in [1.82, 2.24) is 0 Å². The van der Waals surface area contributed by atoms with Gasteiger partial charge in [0, 0.05) is 11.5 Å². The Morgan fingerprint density at radius 3 is 1.11 bits per heavy atom. The molecule has 112 valence electrons. The molecule has 0 aromatic heterocycles. The van der Waals surface area contributed by atoms with Gasteiger partial charge in [0.25, 0.3) is 0 Å². The van der Waals surface area contributed by atoms with E-state index >= 15 is 0 Å². The smallest absolute Gasteiger partial charge is 0.0715 e. The van der Waals surface area contributed by atoms with Gasteiger partial charge < -0.3 is 5.11 Å². The molecule has 0 heterocycles. The highest BCUT2D eigenvalue weighted by Crippen LogP contribution is 2.09. The summed E-state index contributed by atoms with van der Waals surface area (Å²) in [5, 5.41) is 8.51. The molecule has 0 bridgehead atoms. The third-order valence-corrected chi connectivity index (χ3v) is 3.72. The lowest BCUT2D eigenvalue weighted by Crippen LogP contribution is -2.08. The highest BCUT2D eigenvalue weighted by Gasteiger charge is 1.92. The van der Waals surface area contributed by atoms with E-state index < -0.39 is 0 Å². The van der Waals surface area contributed by atoms with Crippen molar-refractivity contribution in [1.29, 1.82) is 0 Å². The number of unbranched alkanes of at least 4 members (excludes halogenated alkanes) is 9. The third kappa shape index (κ3) is 21.9. The van der Waals surface area contributed by atoms with Crippen molar-refractivity contribution < 1.29 is 5.11 Å². The molecule has 0 saturated heterocycles. The molecule has 0 aliphatic rings. The van der Waals surface area contributed by atoms with Crippen LogP contribution in [0.1, 0.15) is 78.1 Å². The first-order valence-corrected chi connectivity index (χ1v) is 8.89. The van der Waals surface area contributed by atoms with E-state index in [2.05, 4.69) is 39.1 Å². The number of aliphatic hydroxyl groups excluding tert-OH is 1. The van der Waals surface area contributed by atoms with Crippen LogP contribution in [0.4, 0.5) is 0 Å². The number of hydrogen-bond donors (Lipinski definition) is 3. The van der Waals surface area contributed by atoms with Gasteiger partial charge in [-0.1, -0.05) is 78.1 Å². The Hall–Kier alpha value is 0.660. The Morgan fingerprint density at radius 2 is 0.944 bits per heavy atom. The average molecular weight is 295 g/mol. The summed E-state index contributed by atoms with van der Waals surface area (Å²) in [6.45, 7) is 4.56. The van der Waals surface area contributed by atoms with Crippen molar-refractivity contribution in [3.05, 3.63) is 0 Å². The molecular formula is C15H34OS2. The summed E-state index contributed by atoms with van der Waals surface area (Å²) < 4.78 is 0. The van der Waals surface area contributed by atoms with Gasteiger partial charge in [0.2, 0.25) is 0 Å². The zero-order valence-corrected chi connectivity index (χ0v) is 14.2. The summed E-state index contributed by atoms with van der Waals surface area (Å²) in [5.41, 5.74) is 0. The van der Waals surface area contributed by atoms with E-state index in [0.29, 0.717) is 11.5 Å². The van der Waals surface area contributed by atoms with Gasteiger partial charge in [0.1, 0.15) is 0 Å². The molecule has 0 unspecified atom stereocenters. The molecule has 0 aromatic rings. The van der Waals surface area contributed by atoms with Crippen LogP contribution in [-0.4, -0.2) is 22.7 Å². The van der Waals surface area contributed by atoms with Crippen LogP contribution in [0.15, 0.2) is 0 Å². The van der Waals surface area contributed by atoms with E-state index in [1.807, 2.05) is 0 Å². The van der Waals surface area contributed by atoms with Gasteiger partial charge in [-0.15, -0.1) is 0 Å². The Kier molecular flexibility index (Phi) is 23.3. The van der Waals surface area contributed by atoms with Crippen molar-refractivity contribution in [2.24, 2.45) is 0 Å². The van der Waals surface area contributed by atoms with Crippen molar-refractivity contribution >= 4 is 25.3 Å². The second kappa shape index (κ2) is 20.0. The molecule has 0 spiro atoms. The van der Waals surface area contributed by atoms with Gasteiger partial charge >= 0.3 is 0 Å². The van der Waals surface area contributed by atoms with Crippen molar-refractivity contribution in [3.63, 3.8) is 0 Å². The zero-order valence-electron chi connectivity index (χ0n) is 12.4. The van der Waals surface area contributed by atoms with E-state index in [1.165, 1.54) is 64.2 Å². The highest BCUT2D eigenvalue weighted by molar-refractivity contribution is 7.81. The van der Waals surface area contributed by atoms with E-state index in [9.17, 15) is 0 Å². The minimum Gasteiger partial charge on any atom is -0.391 e. The summed E-state index contributed by atoms with van der Waals surface area (Å²) in [7, 11) is 0. The Balaban J connectivity index is 0. The van der Waals surface area contributed by atoms with Crippen LogP contribution in [0.2, 0.25) is 0 Å². The van der Waals surface area contributed by atoms with Gasteiger partial charge in [-0.25, -0.2) is 0 Å². The maximum Gasteiger partial charge on any atom is 0.0715 e. The summed E-state index contributed by atoms with van der Waals surface area (Å²) in [6, 6.07) is 0. The molecule has 3 heteroatoms. The van der Waals surface area contributed by atoms with Gasteiger partial charge in [0.05, 0.1) is 6.10 Å². The van der Waals surface area contributed by atoms with Crippen LogP contribution in [0.5, 0.6) is 0 Å². The minimum absolute atomic E-state index is 0.336. The standard InChI is InChI=1S/C12H26.C3H8OS2/c1-3-5-7-9-11-12-10-8-6-4-2;4-3(1-5)2-6/h3-12H2,1-2H3;3-6H,1-2H2. The Labute approximate surface area is 126 Å². The molecule has 0 aliphatic carbocycles. The summed E-state index contributed by atoms with van der Waals surface area (Å²) in [6.07, 6.45) is 14.1. The van der Waals surface area contributed by atoms with E-state index in [-0.39, 0.29) is 6.10 Å². The van der Waals surface area contributed by atoms with Crippen LogP contribution >= 0.6 is 25.3 Å². The van der Waals surface area contributed by atoms with Gasteiger partial charge in [-0.3, -0.25) is 0 Å². The molecule has 0 atom stereocenters. The predicted octanol–water partition coefficient (Wildman–Crippen LogP) is 5.13. The van der Waals surface area contributed by atoms with Crippen molar-refractivity contribution in [2.45, 2.75) is 84.2 Å². The van der Waals surface area contributed by atoms with Crippen LogP contribution in [-0.2, 0) is 0 Å². The highest BCUT2D eigenvalue weighted by atomic mass is 32.1. The maximum absolute atomic E-state index is 8.51. The number of rotatable bonds is 11. The van der Waals surface area contributed by atoms with E-state index in [0.717, 1.165) is 0 Å². The summed E-state index contributed by atoms with van der Waals surface area (Å²) in [4.78, 5) is 0. The molecule has 0 amide bonds. The average Bonchev–Trinajstić information content (AvgIpc) is 2.41. The van der Waals surface area contributed by atoms with Gasteiger partial charge in [-0.2, -0.15) is 25.3 Å². The fraction of sp³-hybridized carbons (Fsp3) is 1.00. The molecule has 0 saturated carbocycles. The molecule has 0 radical (unpaired) electrons. The van der Waals surface area contributed by atoms with Crippen LogP contribution in [0, 0.1) is 0 Å². The lowest BCUT2D eigenvalue weighted by molar-refractivity contribution is 0.226. The molecule has 0 rings (SSSR count). The van der Waals surface area contributed by atoms with Crippen molar-refractivity contribution in [2.75, 3.05) is 11.5 Å². The van der Waals surface area contributed by atoms with Crippen molar-refractivity contribution in [3.8, 4) is 0 Å². The molecular weight excluding hydrogens is 260 g/mol. The molecule has 0 fully saturated rings. The molecule has 1 nitrogen and oxygen atoms in total. The molecule has 0 aromatic carbocycles. The topological polar surface area (TPSA) is 20.2 Å². The zero-order chi connectivity index (χ0) is 14.1. The first kappa shape index (κ1) is 21.0. The Bertz CT molecular complexity index is 118. The third-order valence-electron chi connectivity index (χ3n) is 2.88. The van der Waals surface area contributed by atoms with E-state index in [4.69, 9.17) is 5.11 Å². The van der Waals surface area contributed by atoms with Crippen LogP contribution in [0.3, 0.4) is 0 Å². The molecule has 0 aliphatic heterocycles.